The van der Waals surface area contributed by atoms with Crippen molar-refractivity contribution in [3.8, 4) is 0 Å². The number of unbranched alkanes of at least 4 members (excludes halogenated alkanes) is 1. The Kier molecular flexibility index (Phi) is 5.30. The molecular formula is C11H17NO4S2. The molecule has 1 aromatic heterocycles. The van der Waals surface area contributed by atoms with Crippen molar-refractivity contribution >= 4 is 27.3 Å². The number of hydrogen-bond donors (Lipinski definition) is 1. The first kappa shape index (κ1) is 15.1. The summed E-state index contributed by atoms with van der Waals surface area (Å²) in [5, 5.41) is 8.65. The number of carboxylic acids is 1. The molecule has 0 bridgehead atoms. The third-order valence-electron chi connectivity index (χ3n) is 2.45. The molecule has 0 unspecified atom stereocenters. The van der Waals surface area contributed by atoms with Crippen LogP contribution in [0.2, 0.25) is 0 Å². The van der Waals surface area contributed by atoms with E-state index in [1.165, 1.54) is 10.4 Å². The van der Waals surface area contributed by atoms with Gasteiger partial charge >= 0.3 is 5.97 Å². The minimum atomic E-state index is -3.47. The highest BCUT2D eigenvalue weighted by Crippen LogP contribution is 2.24. The second-order valence-electron chi connectivity index (χ2n) is 3.97. The molecule has 0 aliphatic rings. The fourth-order valence-electron chi connectivity index (χ4n) is 1.40. The van der Waals surface area contributed by atoms with Gasteiger partial charge in [0.05, 0.1) is 6.42 Å². The number of aliphatic carboxylic acids is 1. The second kappa shape index (κ2) is 6.31. The predicted molar refractivity (Wildman–Crippen MR) is 70.4 cm³/mol. The molecule has 0 saturated heterocycles. The fraction of sp³-hybridized carbons (Fsp3) is 0.545. The lowest BCUT2D eigenvalue weighted by Crippen LogP contribution is -2.27. The van der Waals surface area contributed by atoms with Crippen molar-refractivity contribution in [2.45, 2.75) is 30.4 Å². The van der Waals surface area contributed by atoms with Crippen LogP contribution >= 0.6 is 11.3 Å². The highest BCUT2D eigenvalue weighted by atomic mass is 32.2. The molecule has 0 aliphatic heterocycles. The fourth-order valence-corrected chi connectivity index (χ4v) is 4.16. The van der Waals surface area contributed by atoms with Gasteiger partial charge in [-0.1, -0.05) is 13.3 Å². The van der Waals surface area contributed by atoms with E-state index >= 15 is 0 Å². The van der Waals surface area contributed by atoms with Gasteiger partial charge in [0.1, 0.15) is 4.21 Å². The summed E-state index contributed by atoms with van der Waals surface area (Å²) in [7, 11) is -1.92. The summed E-state index contributed by atoms with van der Waals surface area (Å²) in [5.41, 5.74) is 0. The van der Waals surface area contributed by atoms with E-state index in [4.69, 9.17) is 5.11 Å². The number of carbonyl (C=O) groups is 1. The van der Waals surface area contributed by atoms with Gasteiger partial charge in [0.2, 0.25) is 0 Å². The maximum atomic E-state index is 12.1. The molecule has 0 saturated carbocycles. The van der Waals surface area contributed by atoms with Gasteiger partial charge in [-0.3, -0.25) is 4.79 Å². The molecule has 7 heteroatoms. The number of sulfonamides is 1. The van der Waals surface area contributed by atoms with Crippen LogP contribution in [-0.4, -0.2) is 37.4 Å². The molecular weight excluding hydrogens is 274 g/mol. The van der Waals surface area contributed by atoms with Gasteiger partial charge in [-0.05, 0) is 18.6 Å². The summed E-state index contributed by atoms with van der Waals surface area (Å²) in [6.45, 7) is 2.47. The van der Waals surface area contributed by atoms with Crippen molar-refractivity contribution in [1.29, 1.82) is 0 Å². The Morgan fingerprint density at radius 1 is 1.44 bits per heavy atom. The van der Waals surface area contributed by atoms with Crippen molar-refractivity contribution < 1.29 is 18.3 Å². The smallest absolute Gasteiger partial charge is 0.308 e. The highest BCUT2D eigenvalue weighted by Gasteiger charge is 2.22. The van der Waals surface area contributed by atoms with E-state index in [0.717, 1.165) is 24.2 Å². The summed E-state index contributed by atoms with van der Waals surface area (Å²) in [6, 6.07) is 3.03. The largest absolute Gasteiger partial charge is 0.481 e. The Bertz CT molecular complexity index is 507. The van der Waals surface area contributed by atoms with Crippen LogP contribution in [0.4, 0.5) is 0 Å². The summed E-state index contributed by atoms with van der Waals surface area (Å²) < 4.78 is 25.8. The van der Waals surface area contributed by atoms with E-state index < -0.39 is 16.0 Å². The summed E-state index contributed by atoms with van der Waals surface area (Å²) in [6.07, 6.45) is 1.59. The molecule has 1 rings (SSSR count). The number of hydrogen-bond acceptors (Lipinski definition) is 4. The van der Waals surface area contributed by atoms with Crippen LogP contribution in [0.1, 0.15) is 24.6 Å². The van der Waals surface area contributed by atoms with Gasteiger partial charge in [0.25, 0.3) is 10.0 Å². The molecule has 1 N–H and O–H groups in total. The number of rotatable bonds is 7. The van der Waals surface area contributed by atoms with E-state index in [2.05, 4.69) is 0 Å². The molecule has 0 amide bonds. The molecule has 0 aliphatic carbocycles. The molecule has 0 aromatic carbocycles. The van der Waals surface area contributed by atoms with E-state index in [1.807, 2.05) is 6.92 Å². The van der Waals surface area contributed by atoms with Crippen molar-refractivity contribution in [2.75, 3.05) is 13.6 Å². The van der Waals surface area contributed by atoms with Gasteiger partial charge in [0, 0.05) is 18.5 Å². The lowest BCUT2D eigenvalue weighted by Gasteiger charge is -2.15. The minimum Gasteiger partial charge on any atom is -0.481 e. The number of nitrogens with zero attached hydrogens (tertiary/aromatic N) is 1. The quantitative estimate of drug-likeness (QED) is 0.831. The monoisotopic (exact) mass is 291 g/mol. The van der Waals surface area contributed by atoms with Gasteiger partial charge < -0.3 is 5.11 Å². The Morgan fingerprint density at radius 3 is 2.67 bits per heavy atom. The SMILES string of the molecule is CCCCN(C)S(=O)(=O)c1ccc(CC(=O)O)s1. The first-order valence-electron chi connectivity index (χ1n) is 5.64. The second-order valence-corrected chi connectivity index (χ2v) is 7.41. The highest BCUT2D eigenvalue weighted by molar-refractivity contribution is 7.91. The van der Waals surface area contributed by atoms with Gasteiger partial charge in [-0.15, -0.1) is 11.3 Å². The number of thiophene rings is 1. The minimum absolute atomic E-state index is 0.140. The summed E-state index contributed by atoms with van der Waals surface area (Å²) >= 11 is 1.02. The third kappa shape index (κ3) is 3.79. The van der Waals surface area contributed by atoms with Crippen molar-refractivity contribution in [1.82, 2.24) is 4.31 Å². The molecule has 1 aromatic rings. The summed E-state index contributed by atoms with van der Waals surface area (Å²) in [4.78, 5) is 11.1. The zero-order chi connectivity index (χ0) is 13.8. The molecule has 0 fully saturated rings. The average Bonchev–Trinajstić information content (AvgIpc) is 2.73. The van der Waals surface area contributed by atoms with Crippen molar-refractivity contribution in [3.05, 3.63) is 17.0 Å². The Morgan fingerprint density at radius 2 is 2.11 bits per heavy atom. The van der Waals surface area contributed by atoms with E-state index in [1.54, 1.807) is 13.1 Å². The van der Waals surface area contributed by atoms with Gasteiger partial charge in [-0.2, -0.15) is 0 Å². The van der Waals surface area contributed by atoms with Crippen LogP contribution < -0.4 is 0 Å². The van der Waals surface area contributed by atoms with Gasteiger partial charge in [-0.25, -0.2) is 12.7 Å². The molecule has 102 valence electrons. The molecule has 18 heavy (non-hydrogen) atoms. The van der Waals surface area contributed by atoms with Gasteiger partial charge in [0.15, 0.2) is 0 Å². The Balaban J connectivity index is 2.84. The average molecular weight is 291 g/mol. The number of carboxylic acid groups (broad SMARTS) is 1. The van der Waals surface area contributed by atoms with Crippen molar-refractivity contribution in [2.24, 2.45) is 0 Å². The summed E-state index contributed by atoms with van der Waals surface area (Å²) in [5.74, 6) is -0.958. The maximum Gasteiger partial charge on any atom is 0.308 e. The zero-order valence-corrected chi connectivity index (χ0v) is 12.1. The van der Waals surface area contributed by atoms with Crippen molar-refractivity contribution in [3.63, 3.8) is 0 Å². The standard InChI is InChI=1S/C11H17NO4S2/c1-3-4-7-12(2)18(15,16)11-6-5-9(17-11)8-10(13)14/h5-6H,3-4,7-8H2,1-2H3,(H,13,14). The van der Waals surface area contributed by atoms with Crippen LogP contribution in [-0.2, 0) is 21.2 Å². The van der Waals surface area contributed by atoms with Crippen LogP contribution in [0.15, 0.2) is 16.3 Å². The lowest BCUT2D eigenvalue weighted by molar-refractivity contribution is -0.136. The molecule has 1 heterocycles. The maximum absolute atomic E-state index is 12.1. The van der Waals surface area contributed by atoms with E-state index in [9.17, 15) is 13.2 Å². The van der Waals surface area contributed by atoms with Crippen LogP contribution in [0.3, 0.4) is 0 Å². The topological polar surface area (TPSA) is 74.7 Å². The van der Waals surface area contributed by atoms with E-state index in [-0.39, 0.29) is 10.6 Å². The third-order valence-corrected chi connectivity index (χ3v) is 5.86. The molecule has 0 atom stereocenters. The molecule has 0 radical (unpaired) electrons. The Labute approximate surface area is 111 Å². The lowest BCUT2D eigenvalue weighted by atomic mass is 10.3. The van der Waals surface area contributed by atoms with Crippen LogP contribution in [0.5, 0.6) is 0 Å². The first-order valence-corrected chi connectivity index (χ1v) is 7.90. The molecule has 5 nitrogen and oxygen atoms in total. The predicted octanol–water partition coefficient (Wildman–Crippen LogP) is 1.80. The van der Waals surface area contributed by atoms with Crippen LogP contribution in [0, 0.1) is 0 Å². The van der Waals surface area contributed by atoms with Crippen LogP contribution in [0.25, 0.3) is 0 Å². The molecule has 0 spiro atoms. The first-order chi connectivity index (χ1) is 8.37. The zero-order valence-electron chi connectivity index (χ0n) is 10.4. The van der Waals surface area contributed by atoms with E-state index in [0.29, 0.717) is 11.4 Å². The normalized spacial score (nSPS) is 11.9. The Hall–Kier alpha value is -0.920.